The lowest BCUT2D eigenvalue weighted by Gasteiger charge is -2.17. The third kappa shape index (κ3) is 5.04. The van der Waals surface area contributed by atoms with Crippen molar-refractivity contribution in [3.05, 3.63) is 121 Å². The fourth-order valence-corrected chi connectivity index (χ4v) is 10.8. The number of benzene rings is 4. The number of rotatable bonds is 8. The highest BCUT2D eigenvalue weighted by Crippen LogP contribution is 2.54. The number of nitrogens with zero attached hydrogens (tertiary/aromatic N) is 2. The SMILES string of the molecule is O=C1[C@H]2[C@H](C(=O)N1c1ccc(Sc3ccc(Oc4ccc(Sc5ccc(N6C(=O)[C@H]7[C@H](C6=O)[C@H]6C=C[C@H]7C6)cc5)cc4)cc3)cc1)[C@H]1C=C[C@H]2C1. The number of allylic oxidation sites excluding steroid dienone is 4. The van der Waals surface area contributed by atoms with E-state index in [-0.39, 0.29) is 71.0 Å². The Bertz CT molecular complexity index is 1950. The molecule has 6 aliphatic rings. The van der Waals surface area contributed by atoms with Crippen LogP contribution in [0.25, 0.3) is 0 Å². The molecule has 2 heterocycles. The van der Waals surface area contributed by atoms with Crippen molar-refractivity contribution in [3.8, 4) is 11.5 Å². The first-order valence-corrected chi connectivity index (χ1v) is 19.1. The molecule has 252 valence electrons. The number of hydrogen-bond acceptors (Lipinski definition) is 7. The Balaban J connectivity index is 0.736. The van der Waals surface area contributed by atoms with Gasteiger partial charge < -0.3 is 4.74 Å². The summed E-state index contributed by atoms with van der Waals surface area (Å²) in [5.41, 5.74) is 1.29. The van der Waals surface area contributed by atoms with Crippen LogP contribution in [0.4, 0.5) is 11.4 Å². The number of fused-ring (bicyclic) bond motifs is 10. The summed E-state index contributed by atoms with van der Waals surface area (Å²) < 4.78 is 6.11. The molecule has 2 saturated carbocycles. The number of amides is 4. The minimum absolute atomic E-state index is 0.0564. The number of ether oxygens (including phenoxy) is 1. The normalized spacial score (nSPS) is 29.5. The van der Waals surface area contributed by atoms with Gasteiger partial charge in [0.05, 0.1) is 35.0 Å². The molecule has 4 aromatic carbocycles. The predicted octanol–water partition coefficient (Wildman–Crippen LogP) is 8.40. The summed E-state index contributed by atoms with van der Waals surface area (Å²) in [4.78, 5) is 59.5. The van der Waals surface area contributed by atoms with Crippen molar-refractivity contribution >= 4 is 58.5 Å². The number of anilines is 2. The first kappa shape index (κ1) is 30.9. The molecule has 7 nitrogen and oxygen atoms in total. The molecule has 0 radical (unpaired) electrons. The Morgan fingerprint density at radius 3 is 0.980 bits per heavy atom. The third-order valence-corrected chi connectivity index (χ3v) is 13.5. The zero-order valence-corrected chi connectivity index (χ0v) is 29.0. The van der Waals surface area contributed by atoms with Crippen molar-refractivity contribution in [2.75, 3.05) is 9.80 Å². The minimum Gasteiger partial charge on any atom is -0.457 e. The van der Waals surface area contributed by atoms with Crippen molar-refractivity contribution < 1.29 is 23.9 Å². The van der Waals surface area contributed by atoms with Crippen LogP contribution in [0.2, 0.25) is 0 Å². The van der Waals surface area contributed by atoms with Crippen LogP contribution in [0, 0.1) is 47.3 Å². The Morgan fingerprint density at radius 2 is 0.686 bits per heavy atom. The molecule has 51 heavy (non-hydrogen) atoms. The Hall–Kier alpha value is -4.86. The van der Waals surface area contributed by atoms with Gasteiger partial charge in [0, 0.05) is 19.6 Å². The number of carbonyl (C=O) groups is 4. The van der Waals surface area contributed by atoms with Gasteiger partial charge in [-0.25, -0.2) is 0 Å². The van der Waals surface area contributed by atoms with Gasteiger partial charge in [-0.3, -0.25) is 29.0 Å². The van der Waals surface area contributed by atoms with Crippen molar-refractivity contribution in [3.63, 3.8) is 0 Å². The lowest BCUT2D eigenvalue weighted by Crippen LogP contribution is -2.32. The largest absolute Gasteiger partial charge is 0.457 e. The summed E-state index contributed by atoms with van der Waals surface area (Å²) in [6, 6.07) is 31.1. The first-order valence-electron chi connectivity index (χ1n) is 17.5. The van der Waals surface area contributed by atoms with Gasteiger partial charge in [0.1, 0.15) is 11.5 Å². The van der Waals surface area contributed by atoms with E-state index in [1.807, 2.05) is 97.1 Å². The quantitative estimate of drug-likeness (QED) is 0.134. The molecule has 2 aliphatic heterocycles. The Labute approximate surface area is 303 Å². The third-order valence-electron chi connectivity index (χ3n) is 11.5. The number of carbonyl (C=O) groups excluding carboxylic acids is 4. The maximum absolute atomic E-state index is 13.2. The molecule has 8 atom stereocenters. The highest BCUT2D eigenvalue weighted by Gasteiger charge is 2.60. The van der Waals surface area contributed by atoms with Gasteiger partial charge in [0.15, 0.2) is 0 Å². The second kappa shape index (κ2) is 11.9. The van der Waals surface area contributed by atoms with Crippen LogP contribution in [0.3, 0.4) is 0 Å². The van der Waals surface area contributed by atoms with Crippen LogP contribution < -0.4 is 14.5 Å². The molecule has 10 rings (SSSR count). The number of hydrogen-bond donors (Lipinski definition) is 0. The van der Waals surface area contributed by atoms with E-state index < -0.39 is 0 Å². The maximum atomic E-state index is 13.2. The van der Waals surface area contributed by atoms with E-state index in [9.17, 15) is 19.2 Å². The molecule has 0 N–H and O–H groups in total. The Morgan fingerprint density at radius 1 is 0.412 bits per heavy atom. The minimum atomic E-state index is -0.195. The molecule has 4 aromatic rings. The molecule has 2 saturated heterocycles. The van der Waals surface area contributed by atoms with Crippen LogP contribution in [0.15, 0.2) is 141 Å². The van der Waals surface area contributed by atoms with Crippen molar-refractivity contribution in [1.82, 2.24) is 0 Å². The van der Waals surface area contributed by atoms with Crippen LogP contribution in [0.5, 0.6) is 11.5 Å². The van der Waals surface area contributed by atoms with Crippen molar-refractivity contribution in [1.29, 1.82) is 0 Å². The maximum Gasteiger partial charge on any atom is 0.238 e. The standard InChI is InChI=1S/C42H32N2O5S2/c45-39-35-23-1-2-24(21-23)36(35)40(46)43(39)27-5-13-31(14-6-27)50-33-17-9-29(10-18-33)49-30-11-19-34(20-12-30)51-32-15-7-28(8-16-32)44-41(47)37-25-3-4-26(22-25)38(37)42(44)48/h1-20,23-26,35-38H,21-22H2/t23-,24-,25-,26-,35+,36+,37+,38+/m0/s1. The second-order valence-electron chi connectivity index (χ2n) is 14.3. The van der Waals surface area contributed by atoms with Gasteiger partial charge in [0.25, 0.3) is 0 Å². The zero-order chi connectivity index (χ0) is 34.4. The van der Waals surface area contributed by atoms with Crippen molar-refractivity contribution in [2.45, 2.75) is 32.4 Å². The van der Waals surface area contributed by atoms with E-state index in [1.54, 1.807) is 23.5 Å². The van der Waals surface area contributed by atoms with Gasteiger partial charge in [-0.05, 0) is 134 Å². The van der Waals surface area contributed by atoms with Gasteiger partial charge in [-0.1, -0.05) is 47.8 Å². The molecule has 0 unspecified atom stereocenters. The fraction of sp³-hybridized carbons (Fsp3) is 0.238. The highest BCUT2D eigenvalue weighted by atomic mass is 32.2. The van der Waals surface area contributed by atoms with Gasteiger partial charge in [-0.15, -0.1) is 0 Å². The van der Waals surface area contributed by atoms with E-state index in [2.05, 4.69) is 24.3 Å². The lowest BCUT2D eigenvalue weighted by molar-refractivity contribution is -0.124. The monoisotopic (exact) mass is 708 g/mol. The van der Waals surface area contributed by atoms with Gasteiger partial charge >= 0.3 is 0 Å². The highest BCUT2D eigenvalue weighted by molar-refractivity contribution is 7.99. The average molecular weight is 709 g/mol. The van der Waals surface area contributed by atoms with Crippen LogP contribution in [-0.2, 0) is 19.2 Å². The molecular weight excluding hydrogens is 677 g/mol. The molecule has 0 aromatic heterocycles. The van der Waals surface area contributed by atoms with Gasteiger partial charge in [0.2, 0.25) is 23.6 Å². The summed E-state index contributed by atoms with van der Waals surface area (Å²) in [5.74, 6) is 1.26. The van der Waals surface area contributed by atoms with Crippen LogP contribution >= 0.6 is 23.5 Å². The average Bonchev–Trinajstić information content (AvgIpc) is 4.01. The molecule has 0 spiro atoms. The van der Waals surface area contributed by atoms with Gasteiger partial charge in [-0.2, -0.15) is 0 Å². The zero-order valence-electron chi connectivity index (χ0n) is 27.3. The summed E-state index contributed by atoms with van der Waals surface area (Å²) in [6.07, 6.45) is 10.3. The lowest BCUT2D eigenvalue weighted by atomic mass is 9.85. The van der Waals surface area contributed by atoms with E-state index in [4.69, 9.17) is 4.74 Å². The fourth-order valence-electron chi connectivity index (χ4n) is 9.20. The van der Waals surface area contributed by atoms with Crippen LogP contribution in [-0.4, -0.2) is 23.6 Å². The summed E-state index contributed by atoms with van der Waals surface area (Å²) in [6.45, 7) is 0. The van der Waals surface area contributed by atoms with E-state index >= 15 is 0 Å². The first-order chi connectivity index (χ1) is 24.9. The van der Waals surface area contributed by atoms with E-state index in [1.165, 1.54) is 9.80 Å². The molecule has 4 fully saturated rings. The predicted molar refractivity (Wildman–Crippen MR) is 195 cm³/mol. The summed E-state index contributed by atoms with van der Waals surface area (Å²) in [7, 11) is 0. The molecule has 4 bridgehead atoms. The summed E-state index contributed by atoms with van der Waals surface area (Å²) >= 11 is 3.21. The second-order valence-corrected chi connectivity index (χ2v) is 16.6. The topological polar surface area (TPSA) is 84.0 Å². The smallest absolute Gasteiger partial charge is 0.238 e. The van der Waals surface area contributed by atoms with Crippen molar-refractivity contribution in [2.24, 2.45) is 47.3 Å². The Kier molecular flexibility index (Phi) is 7.19. The van der Waals surface area contributed by atoms with E-state index in [0.29, 0.717) is 11.4 Å². The van der Waals surface area contributed by atoms with E-state index in [0.717, 1.165) is 43.9 Å². The molecule has 9 heteroatoms. The summed E-state index contributed by atoms with van der Waals surface area (Å²) in [5, 5.41) is 0. The number of imide groups is 2. The van der Waals surface area contributed by atoms with Crippen LogP contribution in [0.1, 0.15) is 12.8 Å². The molecular formula is C42H32N2O5S2. The molecule has 4 amide bonds. The molecule has 4 aliphatic carbocycles.